The highest BCUT2D eigenvalue weighted by molar-refractivity contribution is 6.42. The molecule has 1 nitrogen and oxygen atoms in total. The van der Waals surface area contributed by atoms with Gasteiger partial charge in [-0.1, -0.05) is 29.3 Å². The Morgan fingerprint density at radius 1 is 1.15 bits per heavy atom. The van der Waals surface area contributed by atoms with E-state index in [1.165, 1.54) is 0 Å². The van der Waals surface area contributed by atoms with Crippen molar-refractivity contribution in [1.82, 2.24) is 0 Å². The molecule has 1 aromatic carbocycles. The molecule has 0 N–H and O–H groups in total. The van der Waals surface area contributed by atoms with Crippen molar-refractivity contribution in [2.24, 2.45) is 0 Å². The number of hydrogen-bond acceptors (Lipinski definition) is 1. The van der Waals surface area contributed by atoms with Gasteiger partial charge in [-0.2, -0.15) is 0 Å². The predicted molar refractivity (Wildman–Crippen MR) is 56.8 cm³/mol. The molecule has 0 aliphatic heterocycles. The summed E-state index contributed by atoms with van der Waals surface area (Å²) >= 11 is 11.8. The standard InChI is InChI=1S/C10H12Cl2O/c1-10(2,3)13-8-6-4-5-7(11)9(8)12/h4-6H,1-3H3. The fourth-order valence-corrected chi connectivity index (χ4v) is 1.22. The lowest BCUT2D eigenvalue weighted by molar-refractivity contribution is 0.131. The van der Waals surface area contributed by atoms with Gasteiger partial charge in [0.2, 0.25) is 0 Å². The van der Waals surface area contributed by atoms with Crippen molar-refractivity contribution < 1.29 is 4.74 Å². The molecule has 3 heteroatoms. The van der Waals surface area contributed by atoms with E-state index >= 15 is 0 Å². The van der Waals surface area contributed by atoms with Gasteiger partial charge in [-0.25, -0.2) is 0 Å². The number of halogens is 2. The Kier molecular flexibility index (Phi) is 3.09. The summed E-state index contributed by atoms with van der Waals surface area (Å²) in [6.07, 6.45) is 0. The molecule has 1 rings (SSSR count). The summed E-state index contributed by atoms with van der Waals surface area (Å²) in [5.74, 6) is 0.627. The van der Waals surface area contributed by atoms with Gasteiger partial charge in [0, 0.05) is 0 Å². The normalized spacial score (nSPS) is 11.5. The van der Waals surface area contributed by atoms with E-state index in [0.29, 0.717) is 15.8 Å². The van der Waals surface area contributed by atoms with Crippen molar-refractivity contribution in [3.05, 3.63) is 28.2 Å². The molecule has 72 valence electrons. The third-order valence-electron chi connectivity index (χ3n) is 1.33. The maximum absolute atomic E-state index is 5.94. The molecule has 0 radical (unpaired) electrons. The van der Waals surface area contributed by atoms with Crippen LogP contribution in [0.25, 0.3) is 0 Å². The zero-order valence-corrected chi connectivity index (χ0v) is 9.41. The van der Waals surface area contributed by atoms with Gasteiger partial charge in [0.15, 0.2) is 0 Å². The van der Waals surface area contributed by atoms with Crippen LogP contribution in [0.2, 0.25) is 10.0 Å². The molecule has 0 heterocycles. The van der Waals surface area contributed by atoms with Gasteiger partial charge in [-0.3, -0.25) is 0 Å². The van der Waals surface area contributed by atoms with Crippen LogP contribution in [-0.2, 0) is 0 Å². The highest BCUT2D eigenvalue weighted by Crippen LogP contribution is 2.33. The second-order valence-corrected chi connectivity index (χ2v) is 4.55. The summed E-state index contributed by atoms with van der Waals surface area (Å²) in [5, 5.41) is 0.988. The molecule has 0 atom stereocenters. The lowest BCUT2D eigenvalue weighted by atomic mass is 10.2. The van der Waals surface area contributed by atoms with Gasteiger partial charge in [-0.15, -0.1) is 0 Å². The maximum Gasteiger partial charge on any atom is 0.140 e. The molecule has 0 amide bonds. The number of ether oxygens (including phenoxy) is 1. The van der Waals surface area contributed by atoms with Crippen LogP contribution in [0.15, 0.2) is 18.2 Å². The minimum absolute atomic E-state index is 0.256. The third-order valence-corrected chi connectivity index (χ3v) is 2.13. The van der Waals surface area contributed by atoms with Crippen molar-refractivity contribution in [3.8, 4) is 5.75 Å². The van der Waals surface area contributed by atoms with Gasteiger partial charge in [0.1, 0.15) is 16.4 Å². The number of rotatable bonds is 1. The summed E-state index contributed by atoms with van der Waals surface area (Å²) in [6, 6.07) is 5.36. The Bertz CT molecular complexity index is 302. The van der Waals surface area contributed by atoms with Crippen molar-refractivity contribution in [2.45, 2.75) is 26.4 Å². The summed E-state index contributed by atoms with van der Waals surface area (Å²) in [7, 11) is 0. The smallest absolute Gasteiger partial charge is 0.140 e. The Morgan fingerprint density at radius 2 is 1.77 bits per heavy atom. The number of hydrogen-bond donors (Lipinski definition) is 0. The summed E-state index contributed by atoms with van der Waals surface area (Å²) in [6.45, 7) is 5.89. The lowest BCUT2D eigenvalue weighted by Gasteiger charge is -2.22. The average molecular weight is 219 g/mol. The fraction of sp³-hybridized carbons (Fsp3) is 0.400. The average Bonchev–Trinajstić information content (AvgIpc) is 1.96. The Labute approximate surface area is 88.6 Å². The Balaban J connectivity index is 2.96. The highest BCUT2D eigenvalue weighted by atomic mass is 35.5. The first-order valence-corrected chi connectivity index (χ1v) is 4.79. The minimum atomic E-state index is -0.256. The summed E-state index contributed by atoms with van der Waals surface area (Å²) in [5.41, 5.74) is -0.256. The molecule has 0 aliphatic carbocycles. The Morgan fingerprint density at radius 3 is 2.31 bits per heavy atom. The predicted octanol–water partition coefficient (Wildman–Crippen LogP) is 4.17. The van der Waals surface area contributed by atoms with Crippen LogP contribution in [0.1, 0.15) is 20.8 Å². The van der Waals surface area contributed by atoms with E-state index in [0.717, 1.165) is 0 Å². The van der Waals surface area contributed by atoms with E-state index in [2.05, 4.69) is 0 Å². The Hall–Kier alpha value is -0.400. The topological polar surface area (TPSA) is 9.23 Å². The van der Waals surface area contributed by atoms with E-state index in [4.69, 9.17) is 27.9 Å². The first-order valence-electron chi connectivity index (χ1n) is 4.03. The fourth-order valence-electron chi connectivity index (χ4n) is 0.893. The van der Waals surface area contributed by atoms with Crippen LogP contribution in [0, 0.1) is 0 Å². The second kappa shape index (κ2) is 3.77. The van der Waals surface area contributed by atoms with Crippen LogP contribution in [-0.4, -0.2) is 5.60 Å². The van der Waals surface area contributed by atoms with Crippen LogP contribution in [0.4, 0.5) is 0 Å². The molecule has 0 spiro atoms. The molecule has 0 saturated carbocycles. The van der Waals surface area contributed by atoms with E-state index in [-0.39, 0.29) is 5.60 Å². The monoisotopic (exact) mass is 218 g/mol. The quantitative estimate of drug-likeness (QED) is 0.688. The molecule has 1 aromatic rings. The van der Waals surface area contributed by atoms with Crippen LogP contribution in [0.3, 0.4) is 0 Å². The summed E-state index contributed by atoms with van der Waals surface area (Å²) < 4.78 is 5.60. The highest BCUT2D eigenvalue weighted by Gasteiger charge is 2.14. The van der Waals surface area contributed by atoms with E-state index in [9.17, 15) is 0 Å². The molecule has 13 heavy (non-hydrogen) atoms. The van der Waals surface area contributed by atoms with Gasteiger partial charge in [-0.05, 0) is 32.9 Å². The molecule has 0 fully saturated rings. The molecule has 0 bridgehead atoms. The first kappa shape index (κ1) is 10.7. The molecule has 0 unspecified atom stereocenters. The first-order chi connectivity index (χ1) is 5.90. The van der Waals surface area contributed by atoms with Crippen molar-refractivity contribution in [2.75, 3.05) is 0 Å². The largest absolute Gasteiger partial charge is 0.487 e. The van der Waals surface area contributed by atoms with Crippen molar-refractivity contribution in [3.63, 3.8) is 0 Å². The van der Waals surface area contributed by atoms with E-state index < -0.39 is 0 Å². The van der Waals surface area contributed by atoms with Crippen LogP contribution < -0.4 is 4.74 Å². The van der Waals surface area contributed by atoms with Gasteiger partial charge in [0.05, 0.1) is 5.02 Å². The molecule has 0 aliphatic rings. The van der Waals surface area contributed by atoms with E-state index in [1.54, 1.807) is 12.1 Å². The summed E-state index contributed by atoms with van der Waals surface area (Å²) in [4.78, 5) is 0. The zero-order chi connectivity index (χ0) is 10.1. The maximum atomic E-state index is 5.94. The lowest BCUT2D eigenvalue weighted by Crippen LogP contribution is -2.23. The van der Waals surface area contributed by atoms with Gasteiger partial charge >= 0.3 is 0 Å². The third kappa shape index (κ3) is 3.09. The molecule has 0 saturated heterocycles. The van der Waals surface area contributed by atoms with Crippen molar-refractivity contribution >= 4 is 23.2 Å². The van der Waals surface area contributed by atoms with Gasteiger partial charge < -0.3 is 4.74 Å². The zero-order valence-electron chi connectivity index (χ0n) is 7.90. The van der Waals surface area contributed by atoms with Gasteiger partial charge in [0.25, 0.3) is 0 Å². The van der Waals surface area contributed by atoms with Crippen LogP contribution in [0.5, 0.6) is 5.75 Å². The molecular formula is C10H12Cl2O. The van der Waals surface area contributed by atoms with Crippen LogP contribution >= 0.6 is 23.2 Å². The minimum Gasteiger partial charge on any atom is -0.487 e. The second-order valence-electron chi connectivity index (χ2n) is 3.77. The molecular weight excluding hydrogens is 207 g/mol. The SMILES string of the molecule is CC(C)(C)Oc1cccc(Cl)c1Cl. The number of benzene rings is 1. The van der Waals surface area contributed by atoms with E-state index in [1.807, 2.05) is 26.8 Å². The molecule has 0 aromatic heterocycles. The van der Waals surface area contributed by atoms with Crippen molar-refractivity contribution in [1.29, 1.82) is 0 Å².